The number of carbonyl (C=O) groups is 1. The summed E-state index contributed by atoms with van der Waals surface area (Å²) in [5.74, 6) is 0.921. The third-order valence-corrected chi connectivity index (χ3v) is 6.82. The monoisotopic (exact) mass is 587 g/mol. The second kappa shape index (κ2) is 16.2. The van der Waals surface area contributed by atoms with Gasteiger partial charge in [-0.1, -0.05) is 73.5 Å². The molecule has 0 aliphatic rings. The molecule has 2 aromatic carbocycles. The summed E-state index contributed by atoms with van der Waals surface area (Å²) in [6.07, 6.45) is 2.15. The summed E-state index contributed by atoms with van der Waals surface area (Å²) in [5, 5.41) is 32.3. The van der Waals surface area contributed by atoms with Crippen LogP contribution in [0.1, 0.15) is 31.7 Å². The molecule has 3 rings (SSSR count). The van der Waals surface area contributed by atoms with Gasteiger partial charge in [-0.3, -0.25) is 5.41 Å². The molecule has 3 aromatic rings. The number of hydrogen-bond acceptors (Lipinski definition) is 10. The van der Waals surface area contributed by atoms with Gasteiger partial charge in [-0.15, -0.1) is 20.3 Å². The molecule has 0 radical (unpaired) electrons. The highest BCUT2D eigenvalue weighted by atomic mass is 35.5. The van der Waals surface area contributed by atoms with E-state index in [0.717, 1.165) is 40.6 Å². The van der Waals surface area contributed by atoms with Gasteiger partial charge >= 0.3 is 5.97 Å². The van der Waals surface area contributed by atoms with Crippen LogP contribution in [0.3, 0.4) is 0 Å². The van der Waals surface area contributed by atoms with Gasteiger partial charge in [-0.05, 0) is 28.3 Å². The van der Waals surface area contributed by atoms with E-state index in [2.05, 4.69) is 25.5 Å². The lowest BCUT2D eigenvalue weighted by Gasteiger charge is -2.26. The zero-order valence-corrected chi connectivity index (χ0v) is 23.5. The second-order valence-corrected chi connectivity index (χ2v) is 9.86. The third kappa shape index (κ3) is 9.06. The first-order chi connectivity index (χ1) is 19.4. The molecule has 0 aliphatic carbocycles. The zero-order valence-electron chi connectivity index (χ0n) is 21.9. The summed E-state index contributed by atoms with van der Waals surface area (Å²) in [5.41, 5.74) is 4.80. The van der Waals surface area contributed by atoms with Crippen LogP contribution in [0.2, 0.25) is 0 Å². The first-order valence-corrected chi connectivity index (χ1v) is 14.1. The van der Waals surface area contributed by atoms with E-state index in [1.165, 1.54) is 11.8 Å². The molecular weight excluding hydrogens is 558 g/mol. The molecule has 0 saturated carbocycles. The average molecular weight is 588 g/mol. The molecule has 0 atom stereocenters. The highest BCUT2D eigenvalue weighted by molar-refractivity contribution is 7.99. The molecule has 0 unspecified atom stereocenters. The molecule has 0 bridgehead atoms. The number of aromatic nitrogens is 4. The molecule has 14 heteroatoms. The van der Waals surface area contributed by atoms with Gasteiger partial charge in [0.05, 0.1) is 0 Å². The number of carbonyl (C=O) groups excluding carboxylic acids is 1. The number of nitrogens with zero attached hydrogens (tertiary/aromatic N) is 5. The van der Waals surface area contributed by atoms with Gasteiger partial charge in [0.25, 0.3) is 5.09 Å². The number of esters is 1. The molecule has 40 heavy (non-hydrogen) atoms. The van der Waals surface area contributed by atoms with Crippen LogP contribution in [0.25, 0.3) is 22.5 Å². The van der Waals surface area contributed by atoms with Crippen molar-refractivity contribution < 1.29 is 19.5 Å². The SMILES string of the molecule is CCCCC(=N)N(Cc1ccc(-c2ccccc2-c2nn[nH]n2)cc1)C(=CCl)C(=O)OCCSCCO[N+](=O)[O-]. The standard InChI is InChI=1S/C26H30ClN7O5S/c1-2-3-8-24(28)33(23(17-27)26(35)38-13-15-40-16-14-39-34(36)37)18-19-9-11-20(12-10-19)21-6-4-5-7-22(21)25-29-31-32-30-25/h4-7,9-12,17,28H,2-3,8,13-16,18H2,1H3,(H,29,30,31,32). The summed E-state index contributed by atoms with van der Waals surface area (Å²) >= 11 is 7.43. The molecule has 1 heterocycles. The largest absolute Gasteiger partial charge is 0.460 e. The average Bonchev–Trinajstić information content (AvgIpc) is 3.50. The molecule has 2 N–H and O–H groups in total. The van der Waals surface area contributed by atoms with Gasteiger partial charge in [0.1, 0.15) is 24.7 Å². The first-order valence-electron chi connectivity index (χ1n) is 12.5. The van der Waals surface area contributed by atoms with E-state index in [-0.39, 0.29) is 31.3 Å². The molecule has 0 amide bonds. The Kier molecular flexibility index (Phi) is 12.4. The van der Waals surface area contributed by atoms with Crippen molar-refractivity contribution in [2.45, 2.75) is 32.7 Å². The summed E-state index contributed by atoms with van der Waals surface area (Å²) in [6.45, 7) is 2.32. The Labute approximate surface area is 240 Å². The van der Waals surface area contributed by atoms with Crippen molar-refractivity contribution in [2.24, 2.45) is 0 Å². The lowest BCUT2D eigenvalue weighted by molar-refractivity contribution is -0.756. The number of rotatable bonds is 16. The number of nitrogens with one attached hydrogen (secondary N) is 2. The van der Waals surface area contributed by atoms with Crippen molar-refractivity contribution in [2.75, 3.05) is 24.7 Å². The Bertz CT molecular complexity index is 1290. The van der Waals surface area contributed by atoms with Gasteiger partial charge < -0.3 is 14.5 Å². The minimum Gasteiger partial charge on any atom is -0.460 e. The van der Waals surface area contributed by atoms with E-state index in [0.29, 0.717) is 23.8 Å². The van der Waals surface area contributed by atoms with Crippen LogP contribution >= 0.6 is 23.4 Å². The zero-order chi connectivity index (χ0) is 28.7. The number of ether oxygens (including phenoxy) is 1. The van der Waals surface area contributed by atoms with Crippen LogP contribution in [0, 0.1) is 15.5 Å². The fourth-order valence-electron chi connectivity index (χ4n) is 3.74. The smallest absolute Gasteiger partial charge is 0.355 e. The van der Waals surface area contributed by atoms with Gasteiger partial charge in [0, 0.05) is 35.6 Å². The number of hydrogen-bond donors (Lipinski definition) is 2. The summed E-state index contributed by atoms with van der Waals surface area (Å²) < 4.78 is 5.38. The third-order valence-electron chi connectivity index (χ3n) is 5.70. The number of H-pyrrole nitrogens is 1. The van der Waals surface area contributed by atoms with E-state index in [9.17, 15) is 14.9 Å². The fourth-order valence-corrected chi connectivity index (χ4v) is 4.54. The Hall–Kier alpha value is -3.97. The maximum Gasteiger partial charge on any atom is 0.355 e. The van der Waals surface area contributed by atoms with Crippen LogP contribution < -0.4 is 0 Å². The fraction of sp³-hybridized carbons (Fsp3) is 0.346. The van der Waals surface area contributed by atoms with Crippen molar-refractivity contribution in [3.05, 3.63) is 75.4 Å². The Morgan fingerprint density at radius 3 is 2.55 bits per heavy atom. The van der Waals surface area contributed by atoms with Crippen LogP contribution in [-0.2, 0) is 20.9 Å². The quantitative estimate of drug-likeness (QED) is 0.0440. The van der Waals surface area contributed by atoms with E-state index >= 15 is 0 Å². The summed E-state index contributed by atoms with van der Waals surface area (Å²) in [6, 6.07) is 15.5. The van der Waals surface area contributed by atoms with E-state index in [1.807, 2.05) is 55.5 Å². The molecule has 12 nitrogen and oxygen atoms in total. The van der Waals surface area contributed by atoms with Crippen molar-refractivity contribution in [3.63, 3.8) is 0 Å². The van der Waals surface area contributed by atoms with Crippen LogP contribution in [0.5, 0.6) is 0 Å². The Morgan fingerprint density at radius 2 is 1.90 bits per heavy atom. The van der Waals surface area contributed by atoms with E-state index < -0.39 is 11.1 Å². The van der Waals surface area contributed by atoms with Crippen molar-refractivity contribution >= 4 is 35.2 Å². The molecule has 1 aromatic heterocycles. The first kappa shape index (κ1) is 30.6. The minimum atomic E-state index is -0.844. The van der Waals surface area contributed by atoms with Gasteiger partial charge in [-0.25, -0.2) is 4.79 Å². The van der Waals surface area contributed by atoms with E-state index in [4.69, 9.17) is 21.7 Å². The number of amidine groups is 1. The number of thioether (sulfide) groups is 1. The minimum absolute atomic E-state index is 0.0394. The molecular formula is C26H30ClN7O5S. The van der Waals surface area contributed by atoms with Gasteiger partial charge in [0.15, 0.2) is 0 Å². The molecule has 0 spiro atoms. The highest BCUT2D eigenvalue weighted by Crippen LogP contribution is 2.30. The molecule has 0 aliphatic heterocycles. The maximum atomic E-state index is 12.9. The van der Waals surface area contributed by atoms with Gasteiger partial charge in [0.2, 0.25) is 5.82 Å². The summed E-state index contributed by atoms with van der Waals surface area (Å²) in [7, 11) is 0. The predicted octanol–water partition coefficient (Wildman–Crippen LogP) is 5.07. The highest BCUT2D eigenvalue weighted by Gasteiger charge is 2.23. The topological polar surface area (TPSA) is 160 Å². The number of tetrazole rings is 1. The number of halogens is 1. The lowest BCUT2D eigenvalue weighted by Crippen LogP contribution is -2.33. The lowest BCUT2D eigenvalue weighted by atomic mass is 9.98. The van der Waals surface area contributed by atoms with Crippen LogP contribution in [-0.4, -0.2) is 67.1 Å². The van der Waals surface area contributed by atoms with Gasteiger partial charge in [-0.2, -0.15) is 17.0 Å². The molecule has 212 valence electrons. The normalized spacial score (nSPS) is 11.2. The Morgan fingerprint density at radius 1 is 1.18 bits per heavy atom. The Balaban J connectivity index is 1.70. The molecule has 0 fully saturated rings. The van der Waals surface area contributed by atoms with E-state index in [1.54, 1.807) is 4.90 Å². The van der Waals surface area contributed by atoms with Crippen LogP contribution in [0.4, 0.5) is 0 Å². The maximum absolute atomic E-state index is 12.9. The second-order valence-electron chi connectivity index (χ2n) is 8.41. The number of benzene rings is 2. The predicted molar refractivity (Wildman–Crippen MR) is 153 cm³/mol. The summed E-state index contributed by atoms with van der Waals surface area (Å²) in [4.78, 5) is 28.9. The van der Waals surface area contributed by atoms with Crippen molar-refractivity contribution in [1.29, 1.82) is 5.41 Å². The van der Waals surface area contributed by atoms with Crippen molar-refractivity contribution in [1.82, 2.24) is 25.5 Å². The van der Waals surface area contributed by atoms with Crippen molar-refractivity contribution in [3.8, 4) is 22.5 Å². The van der Waals surface area contributed by atoms with Crippen LogP contribution in [0.15, 0.2) is 59.8 Å². The number of unbranched alkanes of at least 4 members (excludes halogenated alkanes) is 1. The molecule has 0 saturated heterocycles. The number of aromatic amines is 1.